The van der Waals surface area contributed by atoms with E-state index in [1.165, 1.54) is 5.56 Å². The zero-order valence-electron chi connectivity index (χ0n) is 19.4. The molecule has 1 aromatic carbocycles. The second kappa shape index (κ2) is 8.16. The highest BCUT2D eigenvalue weighted by molar-refractivity contribution is 5.83. The van der Waals surface area contributed by atoms with Crippen LogP contribution in [0.1, 0.15) is 56.3 Å². The number of nitrogens with one attached hydrogen (secondary N) is 1. The Balaban J connectivity index is 1.88. The van der Waals surface area contributed by atoms with Gasteiger partial charge in [0, 0.05) is 31.7 Å². The highest BCUT2D eigenvalue weighted by Gasteiger charge is 2.34. The summed E-state index contributed by atoms with van der Waals surface area (Å²) in [5, 5.41) is 13.7. The van der Waals surface area contributed by atoms with E-state index in [0.717, 1.165) is 49.2 Å². The number of benzene rings is 1. The molecule has 8 heteroatoms. The maximum Gasteiger partial charge on any atom is 0.253 e. The first-order valence-corrected chi connectivity index (χ1v) is 11.1. The third kappa shape index (κ3) is 4.02. The number of piperazine rings is 1. The molecule has 3 heterocycles. The Morgan fingerprint density at radius 1 is 1.13 bits per heavy atom. The van der Waals surface area contributed by atoms with Gasteiger partial charge in [-0.3, -0.25) is 9.69 Å². The number of fused-ring (bicyclic) bond motifs is 1. The molecule has 0 amide bonds. The number of pyridine rings is 1. The molecule has 1 saturated heterocycles. The fourth-order valence-corrected chi connectivity index (χ4v) is 4.42. The summed E-state index contributed by atoms with van der Waals surface area (Å²) in [4.78, 5) is 21.3. The first-order chi connectivity index (χ1) is 14.7. The van der Waals surface area contributed by atoms with Crippen LogP contribution in [0.25, 0.3) is 10.9 Å². The number of aromatic nitrogens is 5. The summed E-state index contributed by atoms with van der Waals surface area (Å²) < 4.78 is 1.86. The van der Waals surface area contributed by atoms with Gasteiger partial charge in [0.2, 0.25) is 0 Å². The van der Waals surface area contributed by atoms with Crippen LogP contribution in [-0.2, 0) is 5.54 Å². The van der Waals surface area contributed by atoms with Crippen molar-refractivity contribution in [3.05, 3.63) is 51.1 Å². The van der Waals surface area contributed by atoms with Gasteiger partial charge in [-0.1, -0.05) is 19.1 Å². The minimum Gasteiger partial charge on any atom is -0.321 e. The molecule has 0 aliphatic carbocycles. The van der Waals surface area contributed by atoms with Gasteiger partial charge in [0.1, 0.15) is 6.04 Å². The summed E-state index contributed by atoms with van der Waals surface area (Å²) >= 11 is 0. The van der Waals surface area contributed by atoms with Gasteiger partial charge in [-0.15, -0.1) is 5.10 Å². The lowest BCUT2D eigenvalue weighted by Gasteiger charge is -2.39. The molecule has 31 heavy (non-hydrogen) atoms. The number of rotatable bonds is 4. The van der Waals surface area contributed by atoms with Crippen molar-refractivity contribution in [3.63, 3.8) is 0 Å². The van der Waals surface area contributed by atoms with Crippen LogP contribution in [0, 0.1) is 13.8 Å². The molecular weight excluding hydrogens is 390 g/mol. The van der Waals surface area contributed by atoms with E-state index in [0.29, 0.717) is 11.4 Å². The van der Waals surface area contributed by atoms with Crippen molar-refractivity contribution in [3.8, 4) is 0 Å². The molecular formula is C23H33N7O. The lowest BCUT2D eigenvalue weighted by Crippen LogP contribution is -2.49. The predicted octanol–water partition coefficient (Wildman–Crippen LogP) is 2.61. The topological polar surface area (TPSA) is 82.9 Å². The summed E-state index contributed by atoms with van der Waals surface area (Å²) in [5.74, 6) is 0.714. The molecule has 1 unspecified atom stereocenters. The Bertz CT molecular complexity index is 1130. The van der Waals surface area contributed by atoms with Crippen molar-refractivity contribution in [2.45, 2.75) is 53.1 Å². The second-order valence-corrected chi connectivity index (χ2v) is 9.52. The Morgan fingerprint density at radius 3 is 2.48 bits per heavy atom. The van der Waals surface area contributed by atoms with Gasteiger partial charge >= 0.3 is 0 Å². The van der Waals surface area contributed by atoms with Gasteiger partial charge in [-0.25, -0.2) is 4.68 Å². The molecule has 3 aromatic rings. The van der Waals surface area contributed by atoms with E-state index < -0.39 is 0 Å². The number of aryl methyl sites for hydroxylation is 2. The van der Waals surface area contributed by atoms with Gasteiger partial charge in [-0.05, 0) is 74.2 Å². The van der Waals surface area contributed by atoms with Crippen molar-refractivity contribution >= 4 is 10.9 Å². The van der Waals surface area contributed by atoms with Gasteiger partial charge in [0.05, 0.1) is 11.1 Å². The van der Waals surface area contributed by atoms with Crippen LogP contribution in [0.2, 0.25) is 0 Å². The van der Waals surface area contributed by atoms with Crippen molar-refractivity contribution in [2.75, 3.05) is 32.7 Å². The zero-order chi connectivity index (χ0) is 22.3. The minimum atomic E-state index is -0.303. The van der Waals surface area contributed by atoms with Crippen LogP contribution >= 0.6 is 0 Å². The minimum absolute atomic E-state index is 0.0763. The smallest absolute Gasteiger partial charge is 0.253 e. The monoisotopic (exact) mass is 423 g/mol. The van der Waals surface area contributed by atoms with Gasteiger partial charge < -0.3 is 9.88 Å². The fourth-order valence-electron chi connectivity index (χ4n) is 4.42. The van der Waals surface area contributed by atoms with Crippen LogP contribution in [0.3, 0.4) is 0 Å². The molecule has 0 spiro atoms. The third-order valence-electron chi connectivity index (χ3n) is 6.47. The average Bonchev–Trinajstić information content (AvgIpc) is 3.23. The fraction of sp³-hybridized carbons (Fsp3) is 0.565. The molecule has 166 valence electrons. The third-order valence-corrected chi connectivity index (χ3v) is 6.47. The molecule has 0 bridgehead atoms. The van der Waals surface area contributed by atoms with Gasteiger partial charge in [0.15, 0.2) is 5.82 Å². The average molecular weight is 424 g/mol. The Kier molecular flexibility index (Phi) is 5.70. The van der Waals surface area contributed by atoms with E-state index in [4.69, 9.17) is 0 Å². The first kappa shape index (κ1) is 21.6. The van der Waals surface area contributed by atoms with Gasteiger partial charge in [-0.2, -0.15) is 0 Å². The predicted molar refractivity (Wildman–Crippen MR) is 122 cm³/mol. The zero-order valence-corrected chi connectivity index (χ0v) is 19.4. The van der Waals surface area contributed by atoms with E-state index in [9.17, 15) is 4.79 Å². The van der Waals surface area contributed by atoms with Crippen LogP contribution < -0.4 is 5.56 Å². The van der Waals surface area contributed by atoms with Crippen LogP contribution in [-0.4, -0.2) is 67.7 Å². The number of hydrogen-bond acceptors (Lipinski definition) is 6. The van der Waals surface area contributed by atoms with Crippen LogP contribution in [0.5, 0.6) is 0 Å². The normalized spacial score (nSPS) is 17.4. The molecule has 1 atom stereocenters. The first-order valence-electron chi connectivity index (χ1n) is 11.1. The summed E-state index contributed by atoms with van der Waals surface area (Å²) in [6, 6.07) is 5.91. The maximum atomic E-state index is 13.4. The van der Waals surface area contributed by atoms with E-state index in [2.05, 4.69) is 84.0 Å². The summed E-state index contributed by atoms with van der Waals surface area (Å²) in [6.07, 6.45) is 0. The van der Waals surface area contributed by atoms with E-state index in [1.54, 1.807) is 0 Å². The molecule has 8 nitrogen and oxygen atoms in total. The van der Waals surface area contributed by atoms with E-state index >= 15 is 0 Å². The van der Waals surface area contributed by atoms with E-state index in [1.807, 2.05) is 10.7 Å². The van der Waals surface area contributed by atoms with Crippen molar-refractivity contribution < 1.29 is 0 Å². The largest absolute Gasteiger partial charge is 0.321 e. The van der Waals surface area contributed by atoms with Crippen molar-refractivity contribution in [1.29, 1.82) is 0 Å². The molecule has 2 aromatic heterocycles. The summed E-state index contributed by atoms with van der Waals surface area (Å²) in [6.45, 7) is 17.2. The highest BCUT2D eigenvalue weighted by atomic mass is 16.1. The maximum absolute atomic E-state index is 13.4. The quantitative estimate of drug-likeness (QED) is 0.695. The number of hydrogen-bond donors (Lipinski definition) is 1. The molecule has 0 saturated carbocycles. The Morgan fingerprint density at radius 2 is 1.84 bits per heavy atom. The molecule has 1 fully saturated rings. The number of H-pyrrole nitrogens is 1. The molecule has 4 rings (SSSR count). The van der Waals surface area contributed by atoms with Crippen molar-refractivity contribution in [2.24, 2.45) is 0 Å². The van der Waals surface area contributed by atoms with E-state index in [-0.39, 0.29) is 17.1 Å². The number of likely N-dealkylation sites (N-methyl/N-ethyl adjacent to an activating group) is 1. The lowest BCUT2D eigenvalue weighted by molar-refractivity contribution is 0.105. The summed E-state index contributed by atoms with van der Waals surface area (Å²) in [7, 11) is 0. The van der Waals surface area contributed by atoms with Crippen LogP contribution in [0.4, 0.5) is 0 Å². The van der Waals surface area contributed by atoms with Crippen LogP contribution in [0.15, 0.2) is 23.0 Å². The molecule has 1 aliphatic rings. The molecule has 1 aliphatic heterocycles. The molecule has 1 N–H and O–H groups in total. The lowest BCUT2D eigenvalue weighted by atomic mass is 9.99. The van der Waals surface area contributed by atoms with Crippen molar-refractivity contribution in [1.82, 2.24) is 35.0 Å². The Labute approximate surface area is 183 Å². The van der Waals surface area contributed by atoms with Gasteiger partial charge in [0.25, 0.3) is 5.56 Å². The SMILES string of the molecule is CCN1CCN(C(c2cc3ccc(C)c(C)c3[nH]c2=O)c2nnnn2C(C)(C)C)CC1. The second-order valence-electron chi connectivity index (χ2n) is 9.52. The highest BCUT2D eigenvalue weighted by Crippen LogP contribution is 2.30. The number of aromatic amines is 1. The standard InChI is InChI=1S/C23H33N7O/c1-7-28-10-12-29(13-11-28)20(21-25-26-27-30(21)23(4,5)6)18-14-17-9-8-15(2)16(3)19(17)24-22(18)31/h8-9,14,20H,7,10-13H2,1-6H3,(H,24,31). The molecule has 0 radical (unpaired) electrons. The summed E-state index contributed by atoms with van der Waals surface area (Å²) in [5.41, 5.74) is 3.50. The Hall–Kier alpha value is -2.58. The number of tetrazole rings is 1. The number of nitrogens with zero attached hydrogens (tertiary/aromatic N) is 6.